The molecule has 0 spiro atoms. The molecule has 0 aliphatic rings. The van der Waals surface area contributed by atoms with Crippen molar-refractivity contribution in [1.29, 1.82) is 5.26 Å². The molecular formula is C5H10CeN2S. The minimum Gasteiger partial charge on any atom is -0.316 e. The van der Waals surface area contributed by atoms with Crippen molar-refractivity contribution < 1.29 is 41.7 Å². The van der Waals surface area contributed by atoms with E-state index in [1.54, 1.807) is 11.8 Å². The fraction of sp³-hybridized carbons (Fsp3) is 0.800. The molecule has 0 amide bonds. The molecular weight excluding hydrogens is 260 g/mol. The van der Waals surface area contributed by atoms with Crippen molar-refractivity contribution in [3.63, 3.8) is 0 Å². The Kier molecular flexibility index (Phi) is 13.1. The van der Waals surface area contributed by atoms with E-state index in [9.17, 15) is 0 Å². The quantitative estimate of drug-likeness (QED) is 0.816. The predicted molar refractivity (Wildman–Crippen MR) is 36.6 cm³/mol. The average molecular weight is 270 g/mol. The number of hydrogen-bond acceptors (Lipinski definition) is 3. The van der Waals surface area contributed by atoms with Gasteiger partial charge in [0.15, 0.2) is 0 Å². The van der Waals surface area contributed by atoms with Gasteiger partial charge in [-0.05, 0) is 18.4 Å². The van der Waals surface area contributed by atoms with Crippen LogP contribution >= 0.6 is 11.8 Å². The van der Waals surface area contributed by atoms with Crippen molar-refractivity contribution in [1.82, 2.24) is 0 Å². The summed E-state index contributed by atoms with van der Waals surface area (Å²) in [5.41, 5.74) is 5.28. The maximum absolute atomic E-state index is 8.18. The normalized spacial score (nSPS) is 11.2. The second-order valence-corrected chi connectivity index (χ2v) is 2.50. The fourth-order valence-corrected chi connectivity index (χ4v) is 0.799. The fourth-order valence-electron chi connectivity index (χ4n) is 0.309. The van der Waals surface area contributed by atoms with Gasteiger partial charge < -0.3 is 5.73 Å². The number of thioether (sulfide) groups is 1. The summed E-state index contributed by atoms with van der Waals surface area (Å²) in [5, 5.41) is 8.18. The Morgan fingerprint density at radius 2 is 2.33 bits per heavy atom. The van der Waals surface area contributed by atoms with E-state index in [1.807, 2.05) is 12.3 Å². The Balaban J connectivity index is 0. The van der Waals surface area contributed by atoms with Crippen LogP contribution in [0.25, 0.3) is 0 Å². The van der Waals surface area contributed by atoms with Crippen LogP contribution in [0.5, 0.6) is 0 Å². The molecule has 50 valence electrons. The summed E-state index contributed by atoms with van der Waals surface area (Å²) in [6, 6.07) is 1.70. The topological polar surface area (TPSA) is 49.8 Å². The molecule has 0 rings (SSSR count). The Labute approximate surface area is 93.9 Å². The van der Waals surface area contributed by atoms with E-state index in [4.69, 9.17) is 11.0 Å². The van der Waals surface area contributed by atoms with E-state index in [1.165, 1.54) is 0 Å². The van der Waals surface area contributed by atoms with Crippen LogP contribution in [0.3, 0.4) is 0 Å². The third-order valence-corrected chi connectivity index (χ3v) is 1.44. The summed E-state index contributed by atoms with van der Waals surface area (Å²) in [7, 11) is 0. The molecule has 0 saturated heterocycles. The second kappa shape index (κ2) is 9.18. The molecule has 0 fully saturated rings. The third kappa shape index (κ3) is 9.18. The summed E-state index contributed by atoms with van der Waals surface area (Å²) < 4.78 is 0. The molecule has 9 heavy (non-hydrogen) atoms. The van der Waals surface area contributed by atoms with Crippen LogP contribution in [0.2, 0.25) is 0 Å². The van der Waals surface area contributed by atoms with E-state index < -0.39 is 0 Å². The first-order valence-corrected chi connectivity index (χ1v) is 3.84. The van der Waals surface area contributed by atoms with E-state index in [0.29, 0.717) is 0 Å². The van der Waals surface area contributed by atoms with Gasteiger partial charge in [-0.15, -0.1) is 0 Å². The first-order valence-electron chi connectivity index (χ1n) is 2.45. The van der Waals surface area contributed by atoms with Crippen LogP contribution in [-0.4, -0.2) is 18.1 Å². The monoisotopic (exact) mass is 270 g/mol. The molecule has 1 atom stereocenters. The van der Waals surface area contributed by atoms with Crippen molar-refractivity contribution in [3.8, 4) is 6.07 Å². The van der Waals surface area contributed by atoms with Crippen molar-refractivity contribution in [2.24, 2.45) is 5.73 Å². The van der Waals surface area contributed by atoms with Gasteiger partial charge in [0.25, 0.3) is 0 Å². The Morgan fingerprint density at radius 3 is 2.67 bits per heavy atom. The largest absolute Gasteiger partial charge is 0.316 e. The summed E-state index contributed by atoms with van der Waals surface area (Å²) in [6.07, 6.45) is 2.81. The molecule has 4 heteroatoms. The smallest absolute Gasteiger partial charge is 0.0935 e. The van der Waals surface area contributed by atoms with Gasteiger partial charge in [0.2, 0.25) is 0 Å². The van der Waals surface area contributed by atoms with Crippen LogP contribution < -0.4 is 5.73 Å². The van der Waals surface area contributed by atoms with Crippen molar-refractivity contribution in [2.75, 3.05) is 12.0 Å². The first kappa shape index (κ1) is 12.8. The molecule has 0 radical (unpaired) electrons. The number of hydrogen-bond donors (Lipinski definition) is 1. The summed E-state index contributed by atoms with van der Waals surface area (Å²) in [4.78, 5) is 0. The molecule has 0 aromatic carbocycles. The zero-order valence-electron chi connectivity index (χ0n) is 5.42. The maximum atomic E-state index is 8.18. The molecule has 1 unspecified atom stereocenters. The molecule has 0 aliphatic heterocycles. The minimum absolute atomic E-state index is 0. The summed E-state index contributed by atoms with van der Waals surface area (Å²) in [6.45, 7) is 0. The van der Waals surface area contributed by atoms with Crippen molar-refractivity contribution >= 4 is 11.8 Å². The van der Waals surface area contributed by atoms with Gasteiger partial charge in [-0.25, -0.2) is 0 Å². The summed E-state index contributed by atoms with van der Waals surface area (Å²) >= 11 is 1.71. The molecule has 0 aliphatic carbocycles. The first-order chi connectivity index (χ1) is 3.81. The van der Waals surface area contributed by atoms with Gasteiger partial charge in [-0.1, -0.05) is 0 Å². The van der Waals surface area contributed by atoms with E-state index >= 15 is 0 Å². The Morgan fingerprint density at radius 1 is 1.78 bits per heavy atom. The molecule has 0 aromatic rings. The Hall–Kier alpha value is 1.18. The summed E-state index contributed by atoms with van der Waals surface area (Å²) in [5.74, 6) is 0.981. The second-order valence-electron chi connectivity index (χ2n) is 1.52. The average Bonchev–Trinajstić information content (AvgIpc) is 1.83. The zero-order chi connectivity index (χ0) is 6.41. The van der Waals surface area contributed by atoms with Gasteiger partial charge in [-0.2, -0.15) is 17.0 Å². The van der Waals surface area contributed by atoms with Gasteiger partial charge >= 0.3 is 0 Å². The van der Waals surface area contributed by atoms with Crippen LogP contribution in [-0.2, 0) is 0 Å². The Bertz CT molecular complexity index is 91.4. The van der Waals surface area contributed by atoms with E-state index in [-0.39, 0.29) is 47.8 Å². The molecule has 0 bridgehead atoms. The molecule has 0 heterocycles. The van der Waals surface area contributed by atoms with Gasteiger partial charge in [0.1, 0.15) is 0 Å². The number of rotatable bonds is 3. The van der Waals surface area contributed by atoms with Gasteiger partial charge in [-0.3, -0.25) is 0 Å². The van der Waals surface area contributed by atoms with Gasteiger partial charge in [0, 0.05) is 41.7 Å². The SMILES string of the molecule is CSCCC(N)C#N.[Ce]. The standard InChI is InChI=1S/C5H10N2S.Ce/c1-8-3-2-5(7)4-6;/h5H,2-3,7H2,1H3;. The molecule has 0 aromatic heterocycles. The number of nitriles is 1. The number of nitrogens with two attached hydrogens (primary N) is 1. The van der Waals surface area contributed by atoms with E-state index in [2.05, 4.69) is 0 Å². The minimum atomic E-state index is -0.262. The molecule has 2 N–H and O–H groups in total. The van der Waals surface area contributed by atoms with Crippen LogP contribution in [0, 0.1) is 53.1 Å². The van der Waals surface area contributed by atoms with Gasteiger partial charge in [0.05, 0.1) is 12.1 Å². The van der Waals surface area contributed by atoms with E-state index in [0.717, 1.165) is 12.2 Å². The molecule has 2 nitrogen and oxygen atoms in total. The van der Waals surface area contributed by atoms with Crippen LogP contribution in [0.1, 0.15) is 6.42 Å². The molecule has 0 saturated carbocycles. The third-order valence-electron chi connectivity index (χ3n) is 0.799. The van der Waals surface area contributed by atoms with Crippen molar-refractivity contribution in [2.45, 2.75) is 12.5 Å². The van der Waals surface area contributed by atoms with Crippen LogP contribution in [0.15, 0.2) is 0 Å². The zero-order valence-corrected chi connectivity index (χ0v) is 9.38. The van der Waals surface area contributed by atoms with Crippen molar-refractivity contribution in [3.05, 3.63) is 0 Å². The predicted octanol–water partition coefficient (Wildman–Crippen LogP) is 0.590. The number of nitrogens with zero attached hydrogens (tertiary/aromatic N) is 1. The maximum Gasteiger partial charge on any atom is 0.0935 e. The van der Waals surface area contributed by atoms with Crippen LogP contribution in [0.4, 0.5) is 0 Å².